The molecule has 2 N–H and O–H groups in total. The Kier molecular flexibility index (Phi) is 4.87. The van der Waals surface area contributed by atoms with Crippen LogP contribution in [-0.4, -0.2) is 38.9 Å². The highest BCUT2D eigenvalue weighted by atomic mass is 19.1. The minimum atomic E-state index is -0.900. The molecule has 2 bridgehead atoms. The van der Waals surface area contributed by atoms with Gasteiger partial charge < -0.3 is 15.4 Å². The van der Waals surface area contributed by atoms with Crippen molar-refractivity contribution >= 4 is 23.2 Å². The number of halogens is 1. The molecule has 2 aromatic heterocycles. The van der Waals surface area contributed by atoms with E-state index >= 15 is 0 Å². The van der Waals surface area contributed by atoms with Crippen LogP contribution in [0.5, 0.6) is 5.75 Å². The first-order valence-corrected chi connectivity index (χ1v) is 9.34. The van der Waals surface area contributed by atoms with Crippen molar-refractivity contribution in [1.82, 2.24) is 19.9 Å². The van der Waals surface area contributed by atoms with Crippen molar-refractivity contribution in [2.24, 2.45) is 0 Å². The number of nitrogens with zero attached hydrogens (tertiary/aromatic N) is 3. The highest BCUT2D eigenvalue weighted by molar-refractivity contribution is 6.00. The summed E-state index contributed by atoms with van der Waals surface area (Å²) in [4.78, 5) is 29.6. The van der Waals surface area contributed by atoms with Gasteiger partial charge in [-0.05, 0) is 31.2 Å². The average Bonchev–Trinajstić information content (AvgIpc) is 3.14. The summed E-state index contributed by atoms with van der Waals surface area (Å²) in [5.74, 6) is -0.131. The Morgan fingerprint density at radius 2 is 2.21 bits per heavy atom. The van der Waals surface area contributed by atoms with Crippen LogP contribution in [0.4, 0.5) is 10.2 Å². The lowest BCUT2D eigenvalue weighted by molar-refractivity contribution is -0.125. The Balaban J connectivity index is 1.83. The number of carbonyl (C=O) groups is 2. The van der Waals surface area contributed by atoms with E-state index in [0.29, 0.717) is 22.8 Å². The first kappa shape index (κ1) is 18.9. The minimum Gasteiger partial charge on any atom is -0.480 e. The molecular formula is C20H20FN5O3. The van der Waals surface area contributed by atoms with E-state index in [1.807, 2.05) is 6.92 Å². The summed E-state index contributed by atoms with van der Waals surface area (Å²) >= 11 is 0. The molecule has 3 heterocycles. The van der Waals surface area contributed by atoms with Gasteiger partial charge in [0, 0.05) is 18.2 Å². The second-order valence-corrected chi connectivity index (χ2v) is 6.82. The number of carbonyl (C=O) groups excluding carboxylic acids is 2. The van der Waals surface area contributed by atoms with E-state index in [1.54, 1.807) is 19.2 Å². The van der Waals surface area contributed by atoms with Crippen molar-refractivity contribution in [3.05, 3.63) is 53.6 Å². The highest BCUT2D eigenvalue weighted by Crippen LogP contribution is 2.30. The quantitative estimate of drug-likeness (QED) is 0.690. The first-order chi connectivity index (χ1) is 14.0. The number of aromatic nitrogens is 3. The number of benzene rings is 1. The molecule has 1 aromatic carbocycles. The maximum atomic E-state index is 13.9. The van der Waals surface area contributed by atoms with Gasteiger partial charge in [-0.15, -0.1) is 0 Å². The SMILES string of the molecule is CCC(=O)[C@H]1CNC(=O)c2cnn3ccc(nc23)N[C@H](C)c2cc(F)ccc2O1. The Morgan fingerprint density at radius 1 is 1.38 bits per heavy atom. The predicted octanol–water partition coefficient (Wildman–Crippen LogP) is 2.51. The van der Waals surface area contributed by atoms with Crippen molar-refractivity contribution in [1.29, 1.82) is 0 Å². The van der Waals surface area contributed by atoms with Crippen LogP contribution in [0.3, 0.4) is 0 Å². The van der Waals surface area contributed by atoms with Crippen molar-refractivity contribution in [3.63, 3.8) is 0 Å². The highest BCUT2D eigenvalue weighted by Gasteiger charge is 2.25. The van der Waals surface area contributed by atoms with Gasteiger partial charge in [-0.25, -0.2) is 13.9 Å². The van der Waals surface area contributed by atoms with E-state index in [0.717, 1.165) is 0 Å². The number of ether oxygens (including phenoxy) is 1. The summed E-state index contributed by atoms with van der Waals surface area (Å²) in [7, 11) is 0. The summed E-state index contributed by atoms with van der Waals surface area (Å²) in [6.45, 7) is 3.53. The van der Waals surface area contributed by atoms with Crippen molar-refractivity contribution in [3.8, 4) is 5.75 Å². The molecule has 4 rings (SSSR count). The third-order valence-electron chi connectivity index (χ3n) is 4.84. The van der Waals surface area contributed by atoms with Crippen LogP contribution in [-0.2, 0) is 4.79 Å². The number of anilines is 1. The number of hydrogen-bond donors (Lipinski definition) is 2. The van der Waals surface area contributed by atoms with Crippen molar-refractivity contribution in [2.75, 3.05) is 11.9 Å². The summed E-state index contributed by atoms with van der Waals surface area (Å²) in [6, 6.07) is 5.47. The normalized spacial score (nSPS) is 19.2. The van der Waals surface area contributed by atoms with Gasteiger partial charge in [0.2, 0.25) is 0 Å². The maximum Gasteiger partial charge on any atom is 0.256 e. The van der Waals surface area contributed by atoms with Crippen LogP contribution >= 0.6 is 0 Å². The number of hydrogen-bond acceptors (Lipinski definition) is 6. The Morgan fingerprint density at radius 3 is 3.00 bits per heavy atom. The monoisotopic (exact) mass is 397 g/mol. The van der Waals surface area contributed by atoms with Crippen LogP contribution in [0.25, 0.3) is 5.65 Å². The molecule has 29 heavy (non-hydrogen) atoms. The van der Waals surface area contributed by atoms with Crippen molar-refractivity contribution in [2.45, 2.75) is 32.4 Å². The van der Waals surface area contributed by atoms with Gasteiger partial charge in [-0.2, -0.15) is 5.10 Å². The fourth-order valence-electron chi connectivity index (χ4n) is 3.26. The summed E-state index contributed by atoms with van der Waals surface area (Å²) in [6.07, 6.45) is 2.45. The van der Waals surface area contributed by atoms with Gasteiger partial charge in [-0.3, -0.25) is 9.59 Å². The predicted molar refractivity (Wildman–Crippen MR) is 103 cm³/mol. The molecule has 8 nitrogen and oxygen atoms in total. The first-order valence-electron chi connectivity index (χ1n) is 9.34. The van der Waals surface area contributed by atoms with Crippen LogP contribution in [0, 0.1) is 5.82 Å². The molecule has 9 heteroatoms. The molecule has 150 valence electrons. The average molecular weight is 397 g/mol. The molecule has 0 fully saturated rings. The zero-order valence-electron chi connectivity index (χ0n) is 16.0. The number of amides is 1. The molecule has 0 spiro atoms. The number of fused-ring (bicyclic) bond motifs is 2. The van der Waals surface area contributed by atoms with Crippen LogP contribution in [0.1, 0.15) is 42.2 Å². The molecule has 3 aromatic rings. The molecular weight excluding hydrogens is 377 g/mol. The molecule has 0 unspecified atom stereocenters. The molecule has 1 amide bonds. The smallest absolute Gasteiger partial charge is 0.256 e. The lowest BCUT2D eigenvalue weighted by Crippen LogP contribution is -2.40. The molecule has 1 aliphatic rings. The largest absolute Gasteiger partial charge is 0.480 e. The van der Waals surface area contributed by atoms with Crippen LogP contribution < -0.4 is 15.4 Å². The summed E-state index contributed by atoms with van der Waals surface area (Å²) < 4.78 is 21.4. The third kappa shape index (κ3) is 3.63. The Bertz CT molecular complexity index is 1100. The van der Waals surface area contributed by atoms with E-state index in [2.05, 4.69) is 20.7 Å². The van der Waals surface area contributed by atoms with E-state index in [-0.39, 0.29) is 30.4 Å². The van der Waals surface area contributed by atoms with E-state index in [4.69, 9.17) is 4.74 Å². The number of nitrogens with one attached hydrogen (secondary N) is 2. The Labute approximate surface area is 166 Å². The van der Waals surface area contributed by atoms with Gasteiger partial charge in [-0.1, -0.05) is 6.92 Å². The van der Waals surface area contributed by atoms with E-state index < -0.39 is 17.8 Å². The number of ketones is 1. The summed E-state index contributed by atoms with van der Waals surface area (Å²) in [5.41, 5.74) is 1.20. The van der Waals surface area contributed by atoms with Gasteiger partial charge in [0.05, 0.1) is 18.8 Å². The van der Waals surface area contributed by atoms with Gasteiger partial charge >= 0.3 is 0 Å². The zero-order valence-corrected chi connectivity index (χ0v) is 16.0. The van der Waals surface area contributed by atoms with Crippen LogP contribution in [0.15, 0.2) is 36.7 Å². The zero-order chi connectivity index (χ0) is 20.5. The van der Waals surface area contributed by atoms with Gasteiger partial charge in [0.15, 0.2) is 17.5 Å². The molecule has 0 aliphatic carbocycles. The van der Waals surface area contributed by atoms with E-state index in [1.165, 1.54) is 28.9 Å². The second-order valence-electron chi connectivity index (χ2n) is 6.82. The van der Waals surface area contributed by atoms with Crippen LogP contribution in [0.2, 0.25) is 0 Å². The maximum absolute atomic E-state index is 13.9. The lowest BCUT2D eigenvalue weighted by Gasteiger charge is -2.23. The molecule has 0 saturated carbocycles. The third-order valence-corrected chi connectivity index (χ3v) is 4.84. The fraction of sp³-hybridized carbons (Fsp3) is 0.300. The fourth-order valence-corrected chi connectivity index (χ4v) is 3.26. The number of Topliss-reactive ketones (excluding diaryl/α,β-unsaturated/α-hetero) is 1. The molecule has 0 radical (unpaired) electrons. The molecule has 0 saturated heterocycles. The standard InChI is InChI=1S/C20H20FN5O3/c1-3-15(27)17-10-22-20(28)14-9-23-26-7-6-18(25-19(14)26)24-11(2)13-8-12(21)4-5-16(13)29-17/h4-9,11,17H,3,10H2,1-2H3,(H,22,28)(H,24,25)/t11-,17-/m1/s1. The summed E-state index contributed by atoms with van der Waals surface area (Å²) in [5, 5.41) is 10.1. The van der Waals surface area contributed by atoms with E-state index in [9.17, 15) is 14.0 Å². The Hall–Kier alpha value is -3.49. The minimum absolute atomic E-state index is 0.0266. The topological polar surface area (TPSA) is 97.6 Å². The molecule has 2 atom stereocenters. The molecule has 1 aliphatic heterocycles. The second kappa shape index (κ2) is 7.50. The van der Waals surface area contributed by atoms with Gasteiger partial charge in [0.1, 0.15) is 22.9 Å². The van der Waals surface area contributed by atoms with Crippen molar-refractivity contribution < 1.29 is 18.7 Å². The lowest BCUT2D eigenvalue weighted by atomic mass is 10.1. The van der Waals surface area contributed by atoms with Gasteiger partial charge in [0.25, 0.3) is 5.91 Å². The number of rotatable bonds is 2.